The zero-order valence-electron chi connectivity index (χ0n) is 16.0. The van der Waals surface area contributed by atoms with Gasteiger partial charge in [0.25, 0.3) is 0 Å². The summed E-state index contributed by atoms with van der Waals surface area (Å²) >= 11 is 0. The predicted octanol–water partition coefficient (Wildman–Crippen LogP) is 2.44. The van der Waals surface area contributed by atoms with Crippen molar-refractivity contribution in [2.75, 3.05) is 45.8 Å². The number of piperazine rings is 1. The Labute approximate surface area is 152 Å². The summed E-state index contributed by atoms with van der Waals surface area (Å²) < 4.78 is 0. The first-order valence-corrected chi connectivity index (χ1v) is 10.9. The fourth-order valence-corrected chi connectivity index (χ4v) is 7.38. The Hall–Kier alpha value is -0.610. The SMILES string of the molecule is CCN1CCN([C@@H]2CCN(C(=O)C34CC5CC(CC(C5)C3)C4)C2)CC1. The lowest BCUT2D eigenvalue weighted by molar-refractivity contribution is -0.156. The summed E-state index contributed by atoms with van der Waals surface area (Å²) in [6.45, 7) is 10.2. The smallest absolute Gasteiger partial charge is 0.228 e. The lowest BCUT2D eigenvalue weighted by Crippen LogP contribution is -2.55. The minimum Gasteiger partial charge on any atom is -0.341 e. The van der Waals surface area contributed by atoms with E-state index in [1.807, 2.05) is 0 Å². The fraction of sp³-hybridized carbons (Fsp3) is 0.952. The van der Waals surface area contributed by atoms with Crippen LogP contribution in [-0.4, -0.2) is 72.5 Å². The highest BCUT2D eigenvalue weighted by Crippen LogP contribution is 2.60. The molecule has 25 heavy (non-hydrogen) atoms. The van der Waals surface area contributed by atoms with Gasteiger partial charge in [0.2, 0.25) is 5.91 Å². The van der Waals surface area contributed by atoms with Crippen LogP contribution in [0.3, 0.4) is 0 Å². The lowest BCUT2D eigenvalue weighted by atomic mass is 9.49. The van der Waals surface area contributed by atoms with Gasteiger partial charge in [-0.05, 0) is 69.2 Å². The molecule has 6 fully saturated rings. The molecule has 0 aromatic carbocycles. The molecule has 0 unspecified atom stereocenters. The minimum absolute atomic E-state index is 0.0601. The summed E-state index contributed by atoms with van der Waals surface area (Å²) in [6.07, 6.45) is 9.13. The highest BCUT2D eigenvalue weighted by Gasteiger charge is 2.56. The van der Waals surface area contributed by atoms with Gasteiger partial charge in [0.05, 0.1) is 5.41 Å². The standard InChI is InChI=1S/C21H35N3O/c1-2-22-5-7-23(8-6-22)19-3-4-24(15-19)20(25)21-12-16-9-17(13-21)11-18(10-16)14-21/h16-19H,2-15H2,1H3/t16?,17?,18?,19-,21?/m1/s1. The van der Waals surface area contributed by atoms with Gasteiger partial charge in [0.15, 0.2) is 0 Å². The van der Waals surface area contributed by atoms with Crippen LogP contribution < -0.4 is 0 Å². The Balaban J connectivity index is 1.23. The molecule has 0 aromatic heterocycles. The molecule has 2 heterocycles. The molecule has 1 atom stereocenters. The molecule has 6 aliphatic rings. The van der Waals surface area contributed by atoms with Crippen LogP contribution in [0.2, 0.25) is 0 Å². The van der Waals surface area contributed by atoms with E-state index in [0.29, 0.717) is 11.9 Å². The second kappa shape index (κ2) is 6.23. The maximum absolute atomic E-state index is 13.5. The predicted molar refractivity (Wildman–Crippen MR) is 99.3 cm³/mol. The molecule has 4 nitrogen and oxygen atoms in total. The van der Waals surface area contributed by atoms with Gasteiger partial charge in [-0.15, -0.1) is 0 Å². The quantitative estimate of drug-likeness (QED) is 0.786. The highest BCUT2D eigenvalue weighted by molar-refractivity contribution is 5.83. The van der Waals surface area contributed by atoms with Gasteiger partial charge in [-0.1, -0.05) is 6.92 Å². The van der Waals surface area contributed by atoms with Gasteiger partial charge in [-0.2, -0.15) is 0 Å². The van der Waals surface area contributed by atoms with E-state index in [-0.39, 0.29) is 5.41 Å². The highest BCUT2D eigenvalue weighted by atomic mass is 16.2. The van der Waals surface area contributed by atoms with Crippen LogP contribution in [0.5, 0.6) is 0 Å². The van der Waals surface area contributed by atoms with Crippen molar-refractivity contribution in [1.82, 2.24) is 14.7 Å². The molecular weight excluding hydrogens is 310 g/mol. The molecule has 0 aromatic rings. The number of nitrogens with zero attached hydrogens (tertiary/aromatic N) is 3. The van der Waals surface area contributed by atoms with Gasteiger partial charge in [0.1, 0.15) is 0 Å². The molecule has 0 N–H and O–H groups in total. The van der Waals surface area contributed by atoms with E-state index in [9.17, 15) is 4.79 Å². The lowest BCUT2D eigenvalue weighted by Gasteiger charge is -2.56. The number of hydrogen-bond donors (Lipinski definition) is 0. The van der Waals surface area contributed by atoms with Gasteiger partial charge >= 0.3 is 0 Å². The molecule has 0 spiro atoms. The molecule has 4 bridgehead atoms. The van der Waals surface area contributed by atoms with E-state index in [0.717, 1.165) is 30.8 Å². The van der Waals surface area contributed by atoms with Crippen LogP contribution in [0.25, 0.3) is 0 Å². The molecule has 0 radical (unpaired) electrons. The number of rotatable bonds is 3. The number of hydrogen-bond acceptors (Lipinski definition) is 3. The van der Waals surface area contributed by atoms with Crippen LogP contribution in [0.15, 0.2) is 0 Å². The van der Waals surface area contributed by atoms with E-state index < -0.39 is 0 Å². The van der Waals surface area contributed by atoms with Crippen molar-refractivity contribution in [2.24, 2.45) is 23.2 Å². The zero-order chi connectivity index (χ0) is 17.0. The van der Waals surface area contributed by atoms with Gasteiger partial charge < -0.3 is 9.80 Å². The van der Waals surface area contributed by atoms with E-state index in [4.69, 9.17) is 0 Å². The second-order valence-electron chi connectivity index (χ2n) is 9.86. The Morgan fingerprint density at radius 2 is 1.52 bits per heavy atom. The van der Waals surface area contributed by atoms with Crippen LogP contribution in [0.4, 0.5) is 0 Å². The molecule has 4 aliphatic carbocycles. The summed E-state index contributed by atoms with van der Waals surface area (Å²) in [6, 6.07) is 0.622. The van der Waals surface area contributed by atoms with E-state index in [1.54, 1.807) is 0 Å². The van der Waals surface area contributed by atoms with Crippen molar-refractivity contribution >= 4 is 5.91 Å². The third-order valence-electron chi connectivity index (χ3n) is 8.31. The summed E-state index contributed by atoms with van der Waals surface area (Å²) in [5.74, 6) is 3.17. The van der Waals surface area contributed by atoms with Gasteiger partial charge in [-0.3, -0.25) is 9.69 Å². The normalized spacial score (nSPS) is 44.6. The number of carbonyl (C=O) groups excluding carboxylic acids is 1. The third-order valence-corrected chi connectivity index (χ3v) is 8.31. The largest absolute Gasteiger partial charge is 0.341 e. The molecule has 140 valence electrons. The van der Waals surface area contributed by atoms with Crippen molar-refractivity contribution in [1.29, 1.82) is 0 Å². The average Bonchev–Trinajstić information content (AvgIpc) is 3.10. The maximum atomic E-state index is 13.5. The first-order chi connectivity index (χ1) is 12.1. The Bertz CT molecular complexity index is 490. The maximum Gasteiger partial charge on any atom is 0.228 e. The Kier molecular flexibility index (Phi) is 4.12. The Morgan fingerprint density at radius 1 is 0.920 bits per heavy atom. The summed E-state index contributed by atoms with van der Waals surface area (Å²) in [7, 11) is 0. The van der Waals surface area contributed by atoms with Gasteiger partial charge in [-0.25, -0.2) is 0 Å². The minimum atomic E-state index is 0.0601. The number of carbonyl (C=O) groups is 1. The van der Waals surface area contributed by atoms with Crippen molar-refractivity contribution in [2.45, 2.75) is 57.9 Å². The Morgan fingerprint density at radius 3 is 2.08 bits per heavy atom. The van der Waals surface area contributed by atoms with E-state index in [2.05, 4.69) is 21.6 Å². The number of likely N-dealkylation sites (N-methyl/N-ethyl adjacent to an activating group) is 1. The monoisotopic (exact) mass is 345 g/mol. The summed E-state index contributed by atoms with van der Waals surface area (Å²) in [4.78, 5) is 21.0. The topological polar surface area (TPSA) is 26.8 Å². The van der Waals surface area contributed by atoms with E-state index >= 15 is 0 Å². The molecule has 1 amide bonds. The van der Waals surface area contributed by atoms with Crippen LogP contribution in [-0.2, 0) is 4.79 Å². The van der Waals surface area contributed by atoms with Crippen molar-refractivity contribution < 1.29 is 4.79 Å². The summed E-state index contributed by atoms with van der Waals surface area (Å²) in [5.41, 5.74) is 0.0601. The molecule has 2 aliphatic heterocycles. The molecule has 2 saturated heterocycles. The summed E-state index contributed by atoms with van der Waals surface area (Å²) in [5, 5.41) is 0. The molecular formula is C21H35N3O. The fourth-order valence-electron chi connectivity index (χ4n) is 7.38. The third kappa shape index (κ3) is 2.84. The number of likely N-dealkylation sites (tertiary alicyclic amines) is 1. The molecule has 4 heteroatoms. The van der Waals surface area contributed by atoms with Crippen LogP contribution in [0.1, 0.15) is 51.9 Å². The van der Waals surface area contributed by atoms with E-state index in [1.165, 1.54) is 77.7 Å². The van der Waals surface area contributed by atoms with Crippen molar-refractivity contribution in [3.63, 3.8) is 0 Å². The first-order valence-electron chi connectivity index (χ1n) is 10.9. The first kappa shape index (κ1) is 16.6. The van der Waals surface area contributed by atoms with Crippen molar-refractivity contribution in [3.8, 4) is 0 Å². The van der Waals surface area contributed by atoms with Crippen LogP contribution >= 0.6 is 0 Å². The second-order valence-corrected chi connectivity index (χ2v) is 9.86. The van der Waals surface area contributed by atoms with Crippen molar-refractivity contribution in [3.05, 3.63) is 0 Å². The molecule has 4 saturated carbocycles. The number of amides is 1. The van der Waals surface area contributed by atoms with Gasteiger partial charge in [0, 0.05) is 45.3 Å². The van der Waals surface area contributed by atoms with Crippen LogP contribution in [0, 0.1) is 23.2 Å². The average molecular weight is 346 g/mol. The zero-order valence-corrected chi connectivity index (χ0v) is 16.0. The molecule has 6 rings (SSSR count).